The molecule has 1 aliphatic heterocycles. The molecule has 29 heavy (non-hydrogen) atoms. The first-order valence-electron chi connectivity index (χ1n) is 9.53. The number of esters is 4. The van der Waals surface area contributed by atoms with Crippen molar-refractivity contribution in [3.63, 3.8) is 0 Å². The molecule has 162 valence electrons. The number of hydrogen-bond donors (Lipinski definition) is 0. The standard InChI is InChI=1S/C19H24F2O8/c1-5-18(2,3)29-10(22)7-26-15(23)11-8-6-9-12(11)16(24)27-13(9)14(8)28-17(25)19(4,20)21/h8-9,11-14H,5-7H2,1-4H3. The molecule has 0 N–H and O–H groups in total. The van der Waals surface area contributed by atoms with Crippen molar-refractivity contribution in [1.82, 2.24) is 0 Å². The number of carbonyl (C=O) groups is 4. The second-order valence-corrected chi connectivity index (χ2v) is 8.47. The fourth-order valence-corrected chi connectivity index (χ4v) is 4.33. The van der Waals surface area contributed by atoms with Crippen LogP contribution < -0.4 is 0 Å². The van der Waals surface area contributed by atoms with Crippen LogP contribution in [0, 0.1) is 23.7 Å². The molecule has 1 saturated heterocycles. The van der Waals surface area contributed by atoms with Gasteiger partial charge in [0.25, 0.3) is 0 Å². The third-order valence-corrected chi connectivity index (χ3v) is 5.99. The van der Waals surface area contributed by atoms with Crippen LogP contribution in [0.4, 0.5) is 8.78 Å². The molecule has 1 heterocycles. The zero-order valence-electron chi connectivity index (χ0n) is 16.6. The Hall–Kier alpha value is -2.26. The van der Waals surface area contributed by atoms with Crippen LogP contribution in [-0.4, -0.2) is 54.2 Å². The Kier molecular flexibility index (Phi) is 5.33. The summed E-state index contributed by atoms with van der Waals surface area (Å²) in [6, 6.07) is 0. The second-order valence-electron chi connectivity index (χ2n) is 8.47. The molecule has 0 spiro atoms. The molecule has 0 amide bonds. The fraction of sp³-hybridized carbons (Fsp3) is 0.789. The summed E-state index contributed by atoms with van der Waals surface area (Å²) in [7, 11) is 0. The summed E-state index contributed by atoms with van der Waals surface area (Å²) in [5.41, 5.74) is -0.719. The van der Waals surface area contributed by atoms with E-state index in [1.54, 1.807) is 13.8 Å². The Balaban J connectivity index is 1.68. The smallest absolute Gasteiger partial charge is 0.377 e. The predicted molar refractivity (Wildman–Crippen MR) is 90.4 cm³/mol. The number of carbonyl (C=O) groups excluding carboxylic acids is 4. The van der Waals surface area contributed by atoms with Gasteiger partial charge < -0.3 is 18.9 Å². The van der Waals surface area contributed by atoms with E-state index in [4.69, 9.17) is 18.9 Å². The van der Waals surface area contributed by atoms with Gasteiger partial charge in [-0.2, -0.15) is 8.78 Å². The minimum atomic E-state index is -3.71. The topological polar surface area (TPSA) is 105 Å². The Morgan fingerprint density at radius 2 is 1.83 bits per heavy atom. The summed E-state index contributed by atoms with van der Waals surface area (Å²) in [5.74, 6) is -10.6. The first-order valence-corrected chi connectivity index (χ1v) is 9.53. The Labute approximate surface area is 166 Å². The first-order chi connectivity index (χ1) is 13.4. The highest BCUT2D eigenvalue weighted by molar-refractivity contribution is 5.87. The Morgan fingerprint density at radius 3 is 2.41 bits per heavy atom. The molecule has 2 aliphatic carbocycles. The largest absolute Gasteiger partial charge is 0.458 e. The van der Waals surface area contributed by atoms with Crippen molar-refractivity contribution in [1.29, 1.82) is 0 Å². The molecule has 0 aromatic carbocycles. The quantitative estimate of drug-likeness (QED) is 0.454. The molecule has 2 bridgehead atoms. The zero-order chi connectivity index (χ0) is 21.7. The molecule has 3 fully saturated rings. The van der Waals surface area contributed by atoms with Crippen molar-refractivity contribution < 1.29 is 46.9 Å². The summed E-state index contributed by atoms with van der Waals surface area (Å²) >= 11 is 0. The molecule has 10 heteroatoms. The molecule has 6 atom stereocenters. The van der Waals surface area contributed by atoms with E-state index in [-0.39, 0.29) is 0 Å². The minimum absolute atomic E-state index is 0.307. The summed E-state index contributed by atoms with van der Waals surface area (Å²) in [6.45, 7) is 5.01. The second kappa shape index (κ2) is 7.21. The van der Waals surface area contributed by atoms with Gasteiger partial charge in [0.2, 0.25) is 0 Å². The minimum Gasteiger partial charge on any atom is -0.458 e. The van der Waals surface area contributed by atoms with Crippen LogP contribution in [0.25, 0.3) is 0 Å². The van der Waals surface area contributed by atoms with Crippen molar-refractivity contribution in [2.75, 3.05) is 6.61 Å². The lowest BCUT2D eigenvalue weighted by atomic mass is 9.78. The highest BCUT2D eigenvalue weighted by Crippen LogP contribution is 2.59. The lowest BCUT2D eigenvalue weighted by molar-refractivity contribution is -0.186. The van der Waals surface area contributed by atoms with Gasteiger partial charge in [0.05, 0.1) is 11.8 Å². The van der Waals surface area contributed by atoms with Crippen LogP contribution in [0.3, 0.4) is 0 Å². The predicted octanol–water partition coefficient (Wildman–Crippen LogP) is 1.64. The van der Waals surface area contributed by atoms with Crippen LogP contribution in [-0.2, 0) is 38.1 Å². The van der Waals surface area contributed by atoms with E-state index in [1.807, 2.05) is 6.92 Å². The molecule has 8 nitrogen and oxygen atoms in total. The van der Waals surface area contributed by atoms with Gasteiger partial charge in [-0.05, 0) is 26.7 Å². The highest BCUT2D eigenvalue weighted by atomic mass is 19.3. The third kappa shape index (κ3) is 3.93. The SMILES string of the molecule is CCC(C)(C)OC(=O)COC(=O)C1C2CC3C(OC(=O)C31)C2OC(=O)C(C)(F)F. The first kappa shape index (κ1) is 21.4. The van der Waals surface area contributed by atoms with Gasteiger partial charge in [-0.3, -0.25) is 9.59 Å². The van der Waals surface area contributed by atoms with E-state index in [2.05, 4.69) is 0 Å². The maximum Gasteiger partial charge on any atom is 0.377 e. The van der Waals surface area contributed by atoms with E-state index in [9.17, 15) is 28.0 Å². The van der Waals surface area contributed by atoms with Gasteiger partial charge in [-0.15, -0.1) is 0 Å². The van der Waals surface area contributed by atoms with E-state index < -0.39 is 77.9 Å². The van der Waals surface area contributed by atoms with Crippen molar-refractivity contribution in [2.24, 2.45) is 23.7 Å². The highest BCUT2D eigenvalue weighted by Gasteiger charge is 2.70. The molecular formula is C19H24F2O8. The van der Waals surface area contributed by atoms with Crippen molar-refractivity contribution in [3.05, 3.63) is 0 Å². The number of fused-ring (bicyclic) bond motifs is 1. The van der Waals surface area contributed by atoms with Crippen molar-refractivity contribution >= 4 is 23.9 Å². The van der Waals surface area contributed by atoms with Gasteiger partial charge in [0, 0.05) is 18.8 Å². The average molecular weight is 418 g/mol. The van der Waals surface area contributed by atoms with Gasteiger partial charge in [-0.25, -0.2) is 9.59 Å². The fourth-order valence-electron chi connectivity index (χ4n) is 4.33. The summed E-state index contributed by atoms with van der Waals surface area (Å²) in [5, 5.41) is 0. The lowest BCUT2D eigenvalue weighted by Crippen LogP contribution is -2.45. The Bertz CT molecular complexity index is 728. The maximum atomic E-state index is 13.2. The third-order valence-electron chi connectivity index (χ3n) is 5.99. The van der Waals surface area contributed by atoms with E-state index in [0.29, 0.717) is 19.8 Å². The molecular weight excluding hydrogens is 394 g/mol. The van der Waals surface area contributed by atoms with E-state index in [1.165, 1.54) is 0 Å². The number of ether oxygens (including phenoxy) is 4. The number of hydrogen-bond acceptors (Lipinski definition) is 8. The van der Waals surface area contributed by atoms with E-state index >= 15 is 0 Å². The Morgan fingerprint density at radius 1 is 1.17 bits per heavy atom. The summed E-state index contributed by atoms with van der Waals surface area (Å²) in [4.78, 5) is 48.3. The van der Waals surface area contributed by atoms with Crippen molar-refractivity contribution in [3.8, 4) is 0 Å². The number of rotatable bonds is 7. The van der Waals surface area contributed by atoms with Crippen LogP contribution in [0.15, 0.2) is 0 Å². The molecule has 0 radical (unpaired) electrons. The molecule has 3 rings (SSSR count). The number of alkyl halides is 2. The van der Waals surface area contributed by atoms with Crippen molar-refractivity contribution in [2.45, 2.75) is 64.3 Å². The van der Waals surface area contributed by atoms with Crippen LogP contribution in [0.2, 0.25) is 0 Å². The summed E-state index contributed by atoms with van der Waals surface area (Å²) in [6.07, 6.45) is -1.13. The van der Waals surface area contributed by atoms with Crippen LogP contribution >= 0.6 is 0 Å². The maximum absolute atomic E-state index is 13.2. The average Bonchev–Trinajstić information content (AvgIpc) is 3.22. The van der Waals surface area contributed by atoms with Gasteiger partial charge >= 0.3 is 29.8 Å². The molecule has 3 aliphatic rings. The normalized spacial score (nSPS) is 32.7. The van der Waals surface area contributed by atoms with Gasteiger partial charge in [0.1, 0.15) is 17.8 Å². The number of halogens is 2. The van der Waals surface area contributed by atoms with Crippen LogP contribution in [0.1, 0.15) is 40.5 Å². The van der Waals surface area contributed by atoms with Crippen LogP contribution in [0.5, 0.6) is 0 Å². The summed E-state index contributed by atoms with van der Waals surface area (Å²) < 4.78 is 46.8. The monoisotopic (exact) mass is 418 g/mol. The lowest BCUT2D eigenvalue weighted by Gasteiger charge is -2.30. The van der Waals surface area contributed by atoms with Gasteiger partial charge in [-0.1, -0.05) is 6.92 Å². The molecule has 6 unspecified atom stereocenters. The van der Waals surface area contributed by atoms with E-state index in [0.717, 1.165) is 0 Å². The molecule has 2 saturated carbocycles. The molecule has 0 aromatic heterocycles. The van der Waals surface area contributed by atoms with Gasteiger partial charge in [0.15, 0.2) is 6.61 Å². The zero-order valence-corrected chi connectivity index (χ0v) is 16.6. The molecule has 0 aromatic rings.